The molecule has 0 atom stereocenters. The van der Waals surface area contributed by atoms with Crippen molar-refractivity contribution in [1.29, 1.82) is 0 Å². The average molecular weight is 320 g/mol. The molecule has 1 amide bonds. The number of nitrogens with zero attached hydrogens (tertiary/aromatic N) is 3. The zero-order valence-electron chi connectivity index (χ0n) is 13.7. The first kappa shape index (κ1) is 16.9. The van der Waals surface area contributed by atoms with Crippen LogP contribution in [0.15, 0.2) is 15.4 Å². The summed E-state index contributed by atoms with van der Waals surface area (Å²) in [7, 11) is 1.56. The minimum Gasteiger partial charge on any atom is -0.383 e. The molecule has 124 valence electrons. The van der Waals surface area contributed by atoms with E-state index in [4.69, 9.17) is 9.26 Å². The van der Waals surface area contributed by atoms with Gasteiger partial charge in [0.25, 0.3) is 11.5 Å². The monoisotopic (exact) mass is 320 g/mol. The minimum atomic E-state index is -0.463. The van der Waals surface area contributed by atoms with Crippen molar-refractivity contribution in [2.45, 2.75) is 33.9 Å². The van der Waals surface area contributed by atoms with Crippen LogP contribution in [-0.2, 0) is 17.8 Å². The second kappa shape index (κ2) is 7.19. The summed E-state index contributed by atoms with van der Waals surface area (Å²) >= 11 is 0. The summed E-state index contributed by atoms with van der Waals surface area (Å²) in [6.07, 6.45) is 0. The van der Waals surface area contributed by atoms with E-state index in [9.17, 15) is 9.59 Å². The molecule has 0 spiro atoms. The van der Waals surface area contributed by atoms with Crippen molar-refractivity contribution in [2.24, 2.45) is 0 Å². The number of carbonyl (C=O) groups excluding carboxylic acids is 1. The number of rotatable bonds is 6. The number of hydrogen-bond acceptors (Lipinski definition) is 6. The van der Waals surface area contributed by atoms with Gasteiger partial charge in [-0.2, -0.15) is 4.98 Å². The summed E-state index contributed by atoms with van der Waals surface area (Å²) in [5.74, 6) is 0.317. The Hall–Kier alpha value is -2.48. The van der Waals surface area contributed by atoms with Gasteiger partial charge in [0, 0.05) is 19.3 Å². The van der Waals surface area contributed by atoms with Gasteiger partial charge >= 0.3 is 0 Å². The summed E-state index contributed by atoms with van der Waals surface area (Å²) in [6, 6.07) is 1.81. The van der Waals surface area contributed by atoms with Gasteiger partial charge in [0.2, 0.25) is 5.89 Å². The lowest BCUT2D eigenvalue weighted by Crippen LogP contribution is -2.35. The Morgan fingerprint density at radius 2 is 2.13 bits per heavy atom. The van der Waals surface area contributed by atoms with E-state index in [0.717, 1.165) is 5.69 Å². The van der Waals surface area contributed by atoms with Crippen LogP contribution in [0.25, 0.3) is 0 Å². The first-order chi connectivity index (χ1) is 10.9. The highest BCUT2D eigenvalue weighted by atomic mass is 16.5. The number of nitrogens with one attached hydrogen (secondary N) is 1. The van der Waals surface area contributed by atoms with Crippen LogP contribution in [-0.4, -0.2) is 34.3 Å². The lowest BCUT2D eigenvalue weighted by molar-refractivity contribution is 0.0943. The quantitative estimate of drug-likeness (QED) is 0.842. The van der Waals surface area contributed by atoms with Crippen LogP contribution in [0.4, 0.5) is 0 Å². The minimum absolute atomic E-state index is 0.0739. The van der Waals surface area contributed by atoms with Crippen LogP contribution in [0.3, 0.4) is 0 Å². The van der Waals surface area contributed by atoms with Crippen LogP contribution in [0, 0.1) is 20.8 Å². The number of methoxy groups -OCH3 is 1. The molecule has 8 nitrogen and oxygen atoms in total. The van der Waals surface area contributed by atoms with Gasteiger partial charge in [-0.25, -0.2) is 0 Å². The first-order valence-electron chi connectivity index (χ1n) is 7.21. The van der Waals surface area contributed by atoms with E-state index >= 15 is 0 Å². The molecule has 0 saturated heterocycles. The van der Waals surface area contributed by atoms with E-state index in [-0.39, 0.29) is 17.7 Å². The predicted molar refractivity (Wildman–Crippen MR) is 82.3 cm³/mol. The van der Waals surface area contributed by atoms with Gasteiger partial charge in [0.15, 0.2) is 5.82 Å². The van der Waals surface area contributed by atoms with Crippen LogP contribution in [0.5, 0.6) is 0 Å². The molecular formula is C15H20N4O4. The summed E-state index contributed by atoms with van der Waals surface area (Å²) in [5, 5.41) is 6.28. The molecule has 1 N–H and O–H groups in total. The highest BCUT2D eigenvalue weighted by Crippen LogP contribution is 2.07. The van der Waals surface area contributed by atoms with Crippen molar-refractivity contribution in [3.8, 4) is 0 Å². The molecule has 0 aromatic carbocycles. The van der Waals surface area contributed by atoms with Gasteiger partial charge in [-0.1, -0.05) is 5.16 Å². The number of aromatic nitrogens is 3. The average Bonchev–Trinajstić information content (AvgIpc) is 2.90. The molecule has 0 aliphatic carbocycles. The van der Waals surface area contributed by atoms with Crippen molar-refractivity contribution < 1.29 is 14.1 Å². The summed E-state index contributed by atoms with van der Waals surface area (Å²) in [4.78, 5) is 28.9. The molecule has 2 aromatic heterocycles. The molecule has 0 bridgehead atoms. The standard InChI is InChI=1S/C15H20N4O4/c1-9-7-10(2)19(5-6-22-4)15(21)13(9)14(20)16-8-12-17-11(3)18-23-12/h7H,5-6,8H2,1-4H3,(H,16,20). The van der Waals surface area contributed by atoms with Crippen LogP contribution < -0.4 is 10.9 Å². The number of pyridine rings is 1. The van der Waals surface area contributed by atoms with Gasteiger partial charge in [0.1, 0.15) is 5.56 Å². The number of carbonyl (C=O) groups is 1. The summed E-state index contributed by atoms with van der Waals surface area (Å²) in [6.45, 7) is 6.11. The third-order valence-corrected chi connectivity index (χ3v) is 3.42. The zero-order valence-corrected chi connectivity index (χ0v) is 13.7. The fourth-order valence-electron chi connectivity index (χ4n) is 2.32. The molecule has 0 fully saturated rings. The smallest absolute Gasteiger partial charge is 0.263 e. The first-order valence-corrected chi connectivity index (χ1v) is 7.21. The number of aryl methyl sites for hydroxylation is 3. The van der Waals surface area contributed by atoms with Crippen molar-refractivity contribution in [3.05, 3.63) is 45.0 Å². The molecule has 0 radical (unpaired) electrons. The lowest BCUT2D eigenvalue weighted by atomic mass is 10.1. The predicted octanol–water partition coefficient (Wildman–Crippen LogP) is 0.733. The molecular weight excluding hydrogens is 300 g/mol. The van der Waals surface area contributed by atoms with E-state index in [1.807, 2.05) is 13.0 Å². The van der Waals surface area contributed by atoms with E-state index in [1.54, 1.807) is 21.0 Å². The fraction of sp³-hybridized carbons (Fsp3) is 0.467. The fourth-order valence-corrected chi connectivity index (χ4v) is 2.32. The highest BCUT2D eigenvalue weighted by Gasteiger charge is 2.18. The Morgan fingerprint density at radius 3 is 2.74 bits per heavy atom. The third kappa shape index (κ3) is 3.84. The maximum atomic E-state index is 12.6. The Balaban J connectivity index is 2.23. The second-order valence-electron chi connectivity index (χ2n) is 5.21. The van der Waals surface area contributed by atoms with Crippen LogP contribution in [0.1, 0.15) is 33.3 Å². The van der Waals surface area contributed by atoms with Crippen molar-refractivity contribution in [3.63, 3.8) is 0 Å². The van der Waals surface area contributed by atoms with Crippen molar-refractivity contribution in [2.75, 3.05) is 13.7 Å². The Kier molecular flexibility index (Phi) is 5.28. The summed E-state index contributed by atoms with van der Waals surface area (Å²) < 4.78 is 11.5. The largest absolute Gasteiger partial charge is 0.383 e. The zero-order chi connectivity index (χ0) is 17.0. The molecule has 0 aliphatic heterocycles. The number of amides is 1. The third-order valence-electron chi connectivity index (χ3n) is 3.42. The van der Waals surface area contributed by atoms with Crippen LogP contribution in [0.2, 0.25) is 0 Å². The van der Waals surface area contributed by atoms with E-state index in [2.05, 4.69) is 15.5 Å². The van der Waals surface area contributed by atoms with Gasteiger partial charge in [-0.15, -0.1) is 0 Å². The van der Waals surface area contributed by atoms with E-state index in [0.29, 0.717) is 30.4 Å². The van der Waals surface area contributed by atoms with Crippen molar-refractivity contribution >= 4 is 5.91 Å². The van der Waals surface area contributed by atoms with Gasteiger partial charge in [-0.3, -0.25) is 9.59 Å². The molecule has 2 heterocycles. The maximum absolute atomic E-state index is 12.6. The van der Waals surface area contributed by atoms with Crippen LogP contribution >= 0.6 is 0 Å². The molecule has 0 aliphatic rings. The Morgan fingerprint density at radius 1 is 1.39 bits per heavy atom. The SMILES string of the molecule is COCCn1c(C)cc(C)c(C(=O)NCc2nc(C)no2)c1=O. The van der Waals surface area contributed by atoms with Gasteiger partial charge < -0.3 is 19.1 Å². The molecule has 2 aromatic rings. The van der Waals surface area contributed by atoms with Gasteiger partial charge in [-0.05, 0) is 32.4 Å². The summed E-state index contributed by atoms with van der Waals surface area (Å²) in [5.41, 5.74) is 1.19. The highest BCUT2D eigenvalue weighted by molar-refractivity contribution is 5.95. The molecule has 2 rings (SSSR count). The second-order valence-corrected chi connectivity index (χ2v) is 5.21. The van der Waals surface area contributed by atoms with E-state index in [1.165, 1.54) is 4.57 Å². The molecule has 8 heteroatoms. The lowest BCUT2D eigenvalue weighted by Gasteiger charge is -2.13. The Bertz CT molecular complexity index is 763. The van der Waals surface area contributed by atoms with Gasteiger partial charge in [0.05, 0.1) is 13.2 Å². The number of hydrogen-bond donors (Lipinski definition) is 1. The molecule has 0 saturated carbocycles. The van der Waals surface area contributed by atoms with E-state index < -0.39 is 5.91 Å². The normalized spacial score (nSPS) is 10.8. The Labute approximate surface area is 133 Å². The topological polar surface area (TPSA) is 99.2 Å². The molecule has 0 unspecified atom stereocenters. The molecule has 23 heavy (non-hydrogen) atoms. The number of ether oxygens (including phenoxy) is 1. The maximum Gasteiger partial charge on any atom is 0.263 e. The van der Waals surface area contributed by atoms with Crippen molar-refractivity contribution in [1.82, 2.24) is 20.0 Å².